The molecule has 0 saturated carbocycles. The van der Waals surface area contributed by atoms with Gasteiger partial charge in [0.1, 0.15) is 11.5 Å². The number of hydrogen-bond donors (Lipinski definition) is 1. The molecule has 178 valence electrons. The van der Waals surface area contributed by atoms with Crippen molar-refractivity contribution in [2.75, 3.05) is 24.5 Å². The lowest BCUT2D eigenvalue weighted by Gasteiger charge is -2.31. The van der Waals surface area contributed by atoms with E-state index in [1.54, 1.807) is 24.0 Å². The first-order valence-electron chi connectivity index (χ1n) is 11.2. The average molecular weight is 538 g/mol. The largest absolute Gasteiger partial charge is 0.465 e. The zero-order chi connectivity index (χ0) is 23.8. The Kier molecular flexibility index (Phi) is 6.97. The van der Waals surface area contributed by atoms with Crippen LogP contribution in [0.2, 0.25) is 0 Å². The molecule has 33 heavy (non-hydrogen) atoms. The maximum atomic E-state index is 13.6. The van der Waals surface area contributed by atoms with Crippen molar-refractivity contribution >= 4 is 43.5 Å². The van der Waals surface area contributed by atoms with Gasteiger partial charge in [0.25, 0.3) is 0 Å². The Bertz CT molecular complexity index is 1180. The lowest BCUT2D eigenvalue weighted by atomic mass is 9.99. The van der Waals surface area contributed by atoms with Gasteiger partial charge in [-0.1, -0.05) is 6.92 Å². The number of piperidine rings is 1. The molecule has 0 aliphatic carbocycles. The van der Waals surface area contributed by atoms with Gasteiger partial charge in [-0.15, -0.1) is 0 Å². The number of fused-ring (bicyclic) bond motifs is 1. The van der Waals surface area contributed by atoms with E-state index in [4.69, 9.17) is 4.42 Å². The molecule has 2 aliphatic rings. The summed E-state index contributed by atoms with van der Waals surface area (Å²) in [7, 11) is -3.85. The van der Waals surface area contributed by atoms with Crippen LogP contribution < -0.4 is 10.2 Å². The molecule has 1 aromatic carbocycles. The van der Waals surface area contributed by atoms with Crippen LogP contribution >= 0.6 is 15.9 Å². The summed E-state index contributed by atoms with van der Waals surface area (Å²) in [5.41, 5.74) is 1.61. The van der Waals surface area contributed by atoms with Gasteiger partial charge in [-0.2, -0.15) is 4.31 Å². The smallest absolute Gasteiger partial charge is 0.244 e. The average Bonchev–Trinajstić information content (AvgIpc) is 3.41. The van der Waals surface area contributed by atoms with Crippen LogP contribution in [-0.2, 0) is 32.6 Å². The van der Waals surface area contributed by atoms with Gasteiger partial charge in [-0.05, 0) is 71.9 Å². The van der Waals surface area contributed by atoms with Crippen molar-refractivity contribution in [1.82, 2.24) is 9.62 Å². The number of hydrogen-bond acceptors (Lipinski definition) is 5. The minimum Gasteiger partial charge on any atom is -0.465 e. The van der Waals surface area contributed by atoms with E-state index in [-0.39, 0.29) is 29.8 Å². The minimum atomic E-state index is -3.85. The number of nitrogens with zero attached hydrogens (tertiary/aromatic N) is 2. The highest BCUT2D eigenvalue weighted by Crippen LogP contribution is 2.37. The van der Waals surface area contributed by atoms with E-state index >= 15 is 0 Å². The molecule has 4 rings (SSSR count). The zero-order valence-corrected chi connectivity index (χ0v) is 21.2. The van der Waals surface area contributed by atoms with E-state index < -0.39 is 15.9 Å². The molecule has 0 spiro atoms. The van der Waals surface area contributed by atoms with Crippen molar-refractivity contribution in [1.29, 1.82) is 0 Å². The van der Waals surface area contributed by atoms with Crippen LogP contribution in [0.1, 0.15) is 43.3 Å². The lowest BCUT2D eigenvalue weighted by molar-refractivity contribution is -0.126. The van der Waals surface area contributed by atoms with Crippen LogP contribution in [0.25, 0.3) is 0 Å². The predicted molar refractivity (Wildman–Crippen MR) is 127 cm³/mol. The number of halogens is 1. The summed E-state index contributed by atoms with van der Waals surface area (Å²) >= 11 is 3.42. The van der Waals surface area contributed by atoms with E-state index in [0.29, 0.717) is 54.7 Å². The Morgan fingerprint density at radius 3 is 2.73 bits per heavy atom. The van der Waals surface area contributed by atoms with Crippen LogP contribution in [-0.4, -0.2) is 44.2 Å². The van der Waals surface area contributed by atoms with Gasteiger partial charge >= 0.3 is 0 Å². The minimum absolute atomic E-state index is 0.0270. The fourth-order valence-electron chi connectivity index (χ4n) is 4.45. The number of amides is 2. The molecule has 3 heterocycles. The van der Waals surface area contributed by atoms with Gasteiger partial charge in [0.2, 0.25) is 21.8 Å². The predicted octanol–water partition coefficient (Wildman–Crippen LogP) is 3.37. The maximum Gasteiger partial charge on any atom is 0.244 e. The number of carbonyl (C=O) groups excluding carboxylic acids is 2. The van der Waals surface area contributed by atoms with Crippen LogP contribution in [0.15, 0.2) is 38.1 Å². The number of aryl methyl sites for hydroxylation is 1. The van der Waals surface area contributed by atoms with Gasteiger partial charge in [0.05, 0.1) is 17.4 Å². The molecular weight excluding hydrogens is 510 g/mol. The topological polar surface area (TPSA) is 99.9 Å². The molecule has 1 aromatic heterocycles. The van der Waals surface area contributed by atoms with E-state index in [1.165, 1.54) is 4.31 Å². The maximum absolute atomic E-state index is 13.6. The zero-order valence-electron chi connectivity index (χ0n) is 18.8. The molecule has 2 amide bonds. The molecule has 0 bridgehead atoms. The molecule has 10 heteroatoms. The summed E-state index contributed by atoms with van der Waals surface area (Å²) < 4.78 is 34.4. The molecule has 0 unspecified atom stereocenters. The second-order valence-electron chi connectivity index (χ2n) is 8.49. The molecule has 1 saturated heterocycles. The Hall–Kier alpha value is -2.17. The van der Waals surface area contributed by atoms with Crippen LogP contribution in [0.4, 0.5) is 5.69 Å². The summed E-state index contributed by atoms with van der Waals surface area (Å²) in [5.74, 6) is 0.788. The standard InChI is InChI=1S/C23H28BrN3O5S/c1-3-22(28)27-10-8-16-11-19(24)21(12-20(16)27)33(30,31)26-9-4-5-17(14-26)23(29)25-13-18-7-6-15(2)32-18/h6-7,11-12,17H,3-5,8-10,13-14H2,1-2H3,(H,25,29)/t17-/m0/s1. The Morgan fingerprint density at radius 2 is 2.03 bits per heavy atom. The number of anilines is 1. The number of nitrogens with one attached hydrogen (secondary N) is 1. The fourth-order valence-corrected chi connectivity index (χ4v) is 7.04. The summed E-state index contributed by atoms with van der Waals surface area (Å²) in [6, 6.07) is 7.04. The number of benzene rings is 1. The van der Waals surface area contributed by atoms with Gasteiger partial charge in [0.15, 0.2) is 0 Å². The van der Waals surface area contributed by atoms with Gasteiger partial charge in [-0.3, -0.25) is 9.59 Å². The number of sulfonamides is 1. The van der Waals surface area contributed by atoms with Gasteiger partial charge < -0.3 is 14.6 Å². The second kappa shape index (κ2) is 9.60. The Balaban J connectivity index is 1.51. The van der Waals surface area contributed by atoms with Gasteiger partial charge in [0, 0.05) is 36.2 Å². The third-order valence-corrected chi connectivity index (χ3v) is 9.06. The van der Waals surface area contributed by atoms with Crippen molar-refractivity contribution in [2.45, 2.75) is 51.0 Å². The normalized spacial score (nSPS) is 18.9. The highest BCUT2D eigenvalue weighted by Gasteiger charge is 2.36. The molecule has 8 nitrogen and oxygen atoms in total. The molecule has 2 aromatic rings. The number of furan rings is 1. The summed E-state index contributed by atoms with van der Waals surface area (Å²) in [4.78, 5) is 26.8. The fraction of sp³-hybridized carbons (Fsp3) is 0.478. The van der Waals surface area contributed by atoms with E-state index in [2.05, 4.69) is 21.2 Å². The molecule has 0 radical (unpaired) electrons. The quantitative estimate of drug-likeness (QED) is 0.608. The van der Waals surface area contributed by atoms with Crippen LogP contribution in [0.3, 0.4) is 0 Å². The van der Waals surface area contributed by atoms with Crippen molar-refractivity contribution in [3.8, 4) is 0 Å². The monoisotopic (exact) mass is 537 g/mol. The second-order valence-corrected chi connectivity index (χ2v) is 11.3. The Labute approximate surface area is 202 Å². The highest BCUT2D eigenvalue weighted by atomic mass is 79.9. The number of carbonyl (C=O) groups is 2. The lowest BCUT2D eigenvalue weighted by Crippen LogP contribution is -2.45. The summed E-state index contributed by atoms with van der Waals surface area (Å²) in [6.45, 7) is 4.93. The third kappa shape index (κ3) is 4.88. The SMILES string of the molecule is CCC(=O)N1CCc2cc(Br)c(S(=O)(=O)N3CCC[C@H](C(=O)NCc4ccc(C)o4)C3)cc21. The van der Waals surface area contributed by atoms with Gasteiger partial charge in [-0.25, -0.2) is 8.42 Å². The van der Waals surface area contributed by atoms with Crippen molar-refractivity contribution in [2.24, 2.45) is 5.92 Å². The molecular formula is C23H28BrN3O5S. The first-order valence-corrected chi connectivity index (χ1v) is 13.4. The number of rotatable bonds is 6. The molecule has 1 atom stereocenters. The van der Waals surface area contributed by atoms with E-state index in [1.807, 2.05) is 19.1 Å². The van der Waals surface area contributed by atoms with Crippen LogP contribution in [0, 0.1) is 12.8 Å². The highest BCUT2D eigenvalue weighted by molar-refractivity contribution is 9.10. The first-order chi connectivity index (χ1) is 15.7. The van der Waals surface area contributed by atoms with Crippen LogP contribution in [0.5, 0.6) is 0 Å². The first kappa shape index (κ1) is 24.0. The van der Waals surface area contributed by atoms with E-state index in [9.17, 15) is 18.0 Å². The van der Waals surface area contributed by atoms with E-state index in [0.717, 1.165) is 11.3 Å². The van der Waals surface area contributed by atoms with Crippen molar-refractivity contribution in [3.05, 3.63) is 45.8 Å². The molecule has 1 fully saturated rings. The third-order valence-electron chi connectivity index (χ3n) is 6.24. The van der Waals surface area contributed by atoms with Crippen molar-refractivity contribution < 1.29 is 22.4 Å². The Morgan fingerprint density at radius 1 is 1.24 bits per heavy atom. The molecule has 1 N–H and O–H groups in total. The summed E-state index contributed by atoms with van der Waals surface area (Å²) in [5, 5.41) is 2.86. The van der Waals surface area contributed by atoms with Crippen molar-refractivity contribution in [3.63, 3.8) is 0 Å². The molecule has 2 aliphatic heterocycles. The summed E-state index contributed by atoms with van der Waals surface area (Å²) in [6.07, 6.45) is 2.28.